The number of hydrogen-bond acceptors (Lipinski definition) is 3. The molecule has 1 N–H and O–H groups in total. The molecule has 2 aromatic rings. The lowest BCUT2D eigenvalue weighted by Gasteiger charge is -2.02. The fourth-order valence-electron chi connectivity index (χ4n) is 1.61. The number of aromatic amines is 1. The fourth-order valence-corrected chi connectivity index (χ4v) is 2.45. The van der Waals surface area contributed by atoms with Crippen molar-refractivity contribution in [3.8, 4) is 11.3 Å². The smallest absolute Gasteiger partial charge is 0.248 e. The number of hydrogen-bond donors (Lipinski definition) is 1. The number of pyridine rings is 1. The first-order chi connectivity index (χ1) is 7.08. The van der Waals surface area contributed by atoms with Gasteiger partial charge in [-0.2, -0.15) is 0 Å². The Hall–Kier alpha value is -1.42. The van der Waals surface area contributed by atoms with Gasteiger partial charge >= 0.3 is 0 Å². The maximum atomic E-state index is 11.1. The lowest BCUT2D eigenvalue weighted by molar-refractivity contribution is 1.13. The van der Waals surface area contributed by atoms with Gasteiger partial charge in [0.05, 0.1) is 10.7 Å². The molecule has 0 aromatic carbocycles. The predicted octanol–water partition coefficient (Wildman–Crippen LogP) is 2.42. The second-order valence-electron chi connectivity index (χ2n) is 3.50. The molecule has 0 aliphatic heterocycles. The minimum atomic E-state index is -0.0687. The topological polar surface area (TPSA) is 45.8 Å². The Balaban J connectivity index is 2.64. The fraction of sp³-hybridized carbons (Fsp3) is 0.273. The molecule has 0 aliphatic carbocycles. The summed E-state index contributed by atoms with van der Waals surface area (Å²) in [6.07, 6.45) is 0. The zero-order valence-electron chi connectivity index (χ0n) is 8.92. The van der Waals surface area contributed by atoms with E-state index in [0.717, 1.165) is 22.0 Å². The maximum absolute atomic E-state index is 11.1. The molecule has 4 heteroatoms. The largest absolute Gasteiger partial charge is 0.326 e. The molecule has 0 fully saturated rings. The number of thiazole rings is 1. The van der Waals surface area contributed by atoms with Crippen LogP contribution in [0.2, 0.25) is 0 Å². The normalized spacial score (nSPS) is 10.6. The van der Waals surface area contributed by atoms with Crippen LogP contribution in [0.4, 0.5) is 0 Å². The Kier molecular flexibility index (Phi) is 2.44. The van der Waals surface area contributed by atoms with E-state index in [-0.39, 0.29) is 5.56 Å². The van der Waals surface area contributed by atoms with Crippen molar-refractivity contribution in [1.82, 2.24) is 9.97 Å². The van der Waals surface area contributed by atoms with E-state index in [1.165, 1.54) is 10.9 Å². The highest BCUT2D eigenvalue weighted by Crippen LogP contribution is 2.27. The summed E-state index contributed by atoms with van der Waals surface area (Å²) in [5.41, 5.74) is 2.79. The van der Waals surface area contributed by atoms with Gasteiger partial charge < -0.3 is 4.98 Å². The first kappa shape index (κ1) is 10.1. The quantitative estimate of drug-likeness (QED) is 0.802. The molecule has 2 heterocycles. The van der Waals surface area contributed by atoms with Crippen molar-refractivity contribution in [2.45, 2.75) is 20.8 Å². The first-order valence-corrected chi connectivity index (χ1v) is 5.54. The van der Waals surface area contributed by atoms with Crippen LogP contribution in [0, 0.1) is 20.8 Å². The van der Waals surface area contributed by atoms with E-state index < -0.39 is 0 Å². The second kappa shape index (κ2) is 3.62. The maximum Gasteiger partial charge on any atom is 0.248 e. The standard InChI is InChI=1S/C11H12N2OS/c1-6-9(4-5-10(14)12-6)11-7(2)15-8(3)13-11/h4-5H,1-3H3,(H,12,14). The molecular weight excluding hydrogens is 208 g/mol. The summed E-state index contributed by atoms with van der Waals surface area (Å²) in [4.78, 5) is 19.5. The van der Waals surface area contributed by atoms with Gasteiger partial charge in [-0.05, 0) is 26.8 Å². The molecule has 0 radical (unpaired) electrons. The molecule has 0 aliphatic rings. The van der Waals surface area contributed by atoms with Crippen LogP contribution >= 0.6 is 11.3 Å². The van der Waals surface area contributed by atoms with Crippen molar-refractivity contribution < 1.29 is 0 Å². The average molecular weight is 220 g/mol. The minimum absolute atomic E-state index is 0.0687. The molecule has 0 amide bonds. The molecule has 0 spiro atoms. The molecule has 0 saturated carbocycles. The van der Waals surface area contributed by atoms with Gasteiger partial charge in [0.25, 0.3) is 0 Å². The van der Waals surface area contributed by atoms with Crippen LogP contribution in [0.25, 0.3) is 11.3 Å². The Labute approximate surface area is 91.8 Å². The molecule has 3 nitrogen and oxygen atoms in total. The predicted molar refractivity (Wildman–Crippen MR) is 62.4 cm³/mol. The lowest BCUT2D eigenvalue weighted by atomic mass is 10.1. The number of nitrogens with one attached hydrogen (secondary N) is 1. The molecule has 0 unspecified atom stereocenters. The summed E-state index contributed by atoms with van der Waals surface area (Å²) in [5.74, 6) is 0. The molecule has 78 valence electrons. The molecular formula is C11H12N2OS. The van der Waals surface area contributed by atoms with Gasteiger partial charge in [-0.25, -0.2) is 4.98 Å². The van der Waals surface area contributed by atoms with Crippen molar-refractivity contribution in [3.63, 3.8) is 0 Å². The number of aromatic nitrogens is 2. The summed E-state index contributed by atoms with van der Waals surface area (Å²) in [7, 11) is 0. The highest BCUT2D eigenvalue weighted by Gasteiger charge is 2.09. The number of nitrogens with zero attached hydrogens (tertiary/aromatic N) is 1. The van der Waals surface area contributed by atoms with E-state index in [4.69, 9.17) is 0 Å². The Bertz CT molecular complexity index is 554. The van der Waals surface area contributed by atoms with Crippen molar-refractivity contribution in [1.29, 1.82) is 0 Å². The van der Waals surface area contributed by atoms with Gasteiger partial charge in [0.2, 0.25) is 5.56 Å². The number of H-pyrrole nitrogens is 1. The summed E-state index contributed by atoms with van der Waals surface area (Å²) in [6.45, 7) is 5.93. The SMILES string of the molecule is Cc1nc(-c2ccc(=O)[nH]c2C)c(C)s1. The van der Waals surface area contributed by atoms with Gasteiger partial charge in [-0.3, -0.25) is 4.79 Å². The summed E-state index contributed by atoms with van der Waals surface area (Å²) in [5, 5.41) is 1.05. The van der Waals surface area contributed by atoms with Crippen molar-refractivity contribution >= 4 is 11.3 Å². The van der Waals surface area contributed by atoms with Crippen LogP contribution in [-0.4, -0.2) is 9.97 Å². The van der Waals surface area contributed by atoms with E-state index in [2.05, 4.69) is 9.97 Å². The molecule has 15 heavy (non-hydrogen) atoms. The van der Waals surface area contributed by atoms with Crippen molar-refractivity contribution in [3.05, 3.63) is 38.1 Å². The van der Waals surface area contributed by atoms with Crippen molar-refractivity contribution in [2.75, 3.05) is 0 Å². The zero-order valence-corrected chi connectivity index (χ0v) is 9.73. The van der Waals surface area contributed by atoms with E-state index in [1.54, 1.807) is 11.3 Å². The molecule has 2 aromatic heterocycles. The number of rotatable bonds is 1. The zero-order chi connectivity index (χ0) is 11.0. The average Bonchev–Trinajstić information content (AvgIpc) is 2.45. The van der Waals surface area contributed by atoms with Crippen LogP contribution in [-0.2, 0) is 0 Å². The van der Waals surface area contributed by atoms with Crippen LogP contribution in [0.3, 0.4) is 0 Å². The van der Waals surface area contributed by atoms with Gasteiger partial charge in [0, 0.05) is 22.2 Å². The summed E-state index contributed by atoms with van der Waals surface area (Å²) in [6, 6.07) is 3.37. The minimum Gasteiger partial charge on any atom is -0.326 e. The lowest BCUT2D eigenvalue weighted by Crippen LogP contribution is -2.05. The van der Waals surface area contributed by atoms with Gasteiger partial charge in [-0.15, -0.1) is 11.3 Å². The third-order valence-electron chi connectivity index (χ3n) is 2.27. The highest BCUT2D eigenvalue weighted by atomic mass is 32.1. The molecule has 0 atom stereocenters. The Morgan fingerprint density at radius 2 is 2.00 bits per heavy atom. The third-order valence-corrected chi connectivity index (χ3v) is 3.16. The van der Waals surface area contributed by atoms with Crippen LogP contribution < -0.4 is 5.56 Å². The molecule has 0 saturated heterocycles. The third kappa shape index (κ3) is 1.85. The van der Waals surface area contributed by atoms with Crippen LogP contribution in [0.15, 0.2) is 16.9 Å². The van der Waals surface area contributed by atoms with Gasteiger partial charge in [0.15, 0.2) is 0 Å². The van der Waals surface area contributed by atoms with Gasteiger partial charge in [0.1, 0.15) is 0 Å². The second-order valence-corrected chi connectivity index (χ2v) is 4.91. The first-order valence-electron chi connectivity index (χ1n) is 4.72. The summed E-state index contributed by atoms with van der Waals surface area (Å²) >= 11 is 1.67. The van der Waals surface area contributed by atoms with Crippen LogP contribution in [0.1, 0.15) is 15.6 Å². The van der Waals surface area contributed by atoms with E-state index in [1.807, 2.05) is 26.8 Å². The van der Waals surface area contributed by atoms with E-state index >= 15 is 0 Å². The highest BCUT2D eigenvalue weighted by molar-refractivity contribution is 7.11. The number of aryl methyl sites for hydroxylation is 3. The van der Waals surface area contributed by atoms with Gasteiger partial charge in [-0.1, -0.05) is 0 Å². The Morgan fingerprint density at radius 1 is 1.27 bits per heavy atom. The molecule has 0 bridgehead atoms. The van der Waals surface area contributed by atoms with Crippen molar-refractivity contribution in [2.24, 2.45) is 0 Å². The molecule has 2 rings (SSSR count). The van der Waals surface area contributed by atoms with E-state index in [0.29, 0.717) is 0 Å². The van der Waals surface area contributed by atoms with Crippen LogP contribution in [0.5, 0.6) is 0 Å². The monoisotopic (exact) mass is 220 g/mol. The Morgan fingerprint density at radius 3 is 2.53 bits per heavy atom. The van der Waals surface area contributed by atoms with E-state index in [9.17, 15) is 4.79 Å². The summed E-state index contributed by atoms with van der Waals surface area (Å²) < 4.78 is 0.